The molecule has 0 aliphatic heterocycles. The summed E-state index contributed by atoms with van der Waals surface area (Å²) in [5.74, 6) is -0.00972. The minimum Gasteiger partial charge on any atom is -0.496 e. The van der Waals surface area contributed by atoms with Crippen molar-refractivity contribution in [3.8, 4) is 11.5 Å². The van der Waals surface area contributed by atoms with Crippen LogP contribution in [0.3, 0.4) is 0 Å². The van der Waals surface area contributed by atoms with Gasteiger partial charge in [0.05, 0.1) is 7.11 Å². The molecule has 2 N–H and O–H groups in total. The number of benzene rings is 1. The molecule has 0 radical (unpaired) electrons. The van der Waals surface area contributed by atoms with Gasteiger partial charge >= 0.3 is 6.36 Å². The number of ether oxygens (including phenoxy) is 2. The van der Waals surface area contributed by atoms with E-state index in [0.717, 1.165) is 12.8 Å². The first-order valence-electron chi connectivity index (χ1n) is 5.56. The Morgan fingerprint density at radius 1 is 1.33 bits per heavy atom. The average Bonchev–Trinajstić information content (AvgIpc) is 2.27. The fraction of sp³-hybridized carbons (Fsp3) is 0.500. The predicted octanol–water partition coefficient (Wildman–Crippen LogP) is 3.39. The summed E-state index contributed by atoms with van der Waals surface area (Å²) >= 11 is 0. The molecule has 0 spiro atoms. The number of methoxy groups -OCH3 is 1. The molecule has 18 heavy (non-hydrogen) atoms. The van der Waals surface area contributed by atoms with E-state index < -0.39 is 6.36 Å². The molecule has 0 fully saturated rings. The summed E-state index contributed by atoms with van der Waals surface area (Å²) in [6, 6.07) is 3.67. The van der Waals surface area contributed by atoms with Gasteiger partial charge in [0.25, 0.3) is 0 Å². The average molecular weight is 263 g/mol. The molecular formula is C12H16F3NO2. The lowest BCUT2D eigenvalue weighted by Gasteiger charge is -2.16. The smallest absolute Gasteiger partial charge is 0.496 e. The Balaban J connectivity index is 2.96. The molecule has 0 saturated heterocycles. The monoisotopic (exact) mass is 263 g/mol. The summed E-state index contributed by atoms with van der Waals surface area (Å²) in [6.07, 6.45) is -3.10. The molecule has 102 valence electrons. The van der Waals surface area contributed by atoms with Crippen LogP contribution in [-0.2, 0) is 0 Å². The Kier molecular flexibility index (Phi) is 4.84. The van der Waals surface area contributed by atoms with Gasteiger partial charge in [-0.05, 0) is 12.5 Å². The van der Waals surface area contributed by atoms with E-state index in [-0.39, 0.29) is 11.8 Å². The Hall–Kier alpha value is -1.43. The van der Waals surface area contributed by atoms with E-state index in [2.05, 4.69) is 4.74 Å². The molecule has 0 heterocycles. The summed E-state index contributed by atoms with van der Waals surface area (Å²) in [5, 5.41) is 0. The van der Waals surface area contributed by atoms with Crippen molar-refractivity contribution in [1.29, 1.82) is 0 Å². The summed E-state index contributed by atoms with van der Waals surface area (Å²) < 4.78 is 45.1. The lowest BCUT2D eigenvalue weighted by Crippen LogP contribution is -2.17. The van der Waals surface area contributed by atoms with Gasteiger partial charge in [0, 0.05) is 17.7 Å². The Bertz CT molecular complexity index is 393. The maximum absolute atomic E-state index is 12.1. The van der Waals surface area contributed by atoms with Crippen molar-refractivity contribution in [3.05, 3.63) is 23.8 Å². The molecule has 1 atom stereocenters. The molecule has 6 heteroatoms. The normalized spacial score (nSPS) is 13.2. The van der Waals surface area contributed by atoms with Gasteiger partial charge in [-0.25, -0.2) is 0 Å². The van der Waals surface area contributed by atoms with Gasteiger partial charge in [0.15, 0.2) is 0 Å². The maximum Gasteiger partial charge on any atom is 0.573 e. The SMILES string of the molecule is CCC[C@H](N)c1ccc(OC(F)(F)F)cc1OC. The fourth-order valence-corrected chi connectivity index (χ4v) is 1.66. The van der Waals surface area contributed by atoms with Crippen molar-refractivity contribution in [1.82, 2.24) is 0 Å². The second-order valence-electron chi connectivity index (χ2n) is 3.85. The summed E-state index contributed by atoms with van der Waals surface area (Å²) in [5.41, 5.74) is 6.59. The van der Waals surface area contributed by atoms with Crippen LogP contribution in [0.5, 0.6) is 11.5 Å². The number of rotatable bonds is 5. The van der Waals surface area contributed by atoms with Gasteiger partial charge in [0.1, 0.15) is 11.5 Å². The third kappa shape index (κ3) is 4.10. The molecule has 3 nitrogen and oxygen atoms in total. The Morgan fingerprint density at radius 3 is 2.50 bits per heavy atom. The van der Waals surface area contributed by atoms with Crippen molar-refractivity contribution >= 4 is 0 Å². The molecule has 1 aromatic rings. The van der Waals surface area contributed by atoms with E-state index >= 15 is 0 Å². The lowest BCUT2D eigenvalue weighted by molar-refractivity contribution is -0.274. The predicted molar refractivity (Wildman–Crippen MR) is 61.5 cm³/mol. The van der Waals surface area contributed by atoms with E-state index in [9.17, 15) is 13.2 Å². The van der Waals surface area contributed by atoms with Gasteiger partial charge < -0.3 is 15.2 Å². The molecular weight excluding hydrogens is 247 g/mol. The van der Waals surface area contributed by atoms with Crippen LogP contribution in [0.15, 0.2) is 18.2 Å². The van der Waals surface area contributed by atoms with Gasteiger partial charge in [-0.1, -0.05) is 19.4 Å². The van der Waals surface area contributed by atoms with Gasteiger partial charge in [0.2, 0.25) is 0 Å². The van der Waals surface area contributed by atoms with E-state index in [4.69, 9.17) is 10.5 Å². The van der Waals surface area contributed by atoms with Crippen LogP contribution in [0.1, 0.15) is 31.4 Å². The van der Waals surface area contributed by atoms with Crippen LogP contribution in [0.25, 0.3) is 0 Å². The number of hydrogen-bond donors (Lipinski definition) is 1. The van der Waals surface area contributed by atoms with E-state index in [1.807, 2.05) is 6.92 Å². The Morgan fingerprint density at radius 2 is 2.00 bits per heavy atom. The number of halogens is 3. The van der Waals surface area contributed by atoms with Crippen LogP contribution in [0.4, 0.5) is 13.2 Å². The van der Waals surface area contributed by atoms with Crippen molar-refractivity contribution in [3.63, 3.8) is 0 Å². The zero-order valence-corrected chi connectivity index (χ0v) is 10.3. The van der Waals surface area contributed by atoms with Crippen molar-refractivity contribution in [2.45, 2.75) is 32.2 Å². The van der Waals surface area contributed by atoms with E-state index in [0.29, 0.717) is 11.3 Å². The molecule has 0 unspecified atom stereocenters. The zero-order chi connectivity index (χ0) is 13.8. The van der Waals surface area contributed by atoms with Crippen LogP contribution in [-0.4, -0.2) is 13.5 Å². The number of nitrogens with two attached hydrogens (primary N) is 1. The van der Waals surface area contributed by atoms with Crippen LogP contribution in [0, 0.1) is 0 Å². The first kappa shape index (κ1) is 14.6. The quantitative estimate of drug-likeness (QED) is 0.885. The molecule has 0 aliphatic rings. The number of hydrogen-bond acceptors (Lipinski definition) is 3. The second kappa shape index (κ2) is 5.95. The van der Waals surface area contributed by atoms with E-state index in [1.54, 1.807) is 0 Å². The third-order valence-electron chi connectivity index (χ3n) is 2.44. The molecule has 0 aliphatic carbocycles. The minimum atomic E-state index is -4.71. The summed E-state index contributed by atoms with van der Waals surface area (Å²) in [6.45, 7) is 1.98. The lowest BCUT2D eigenvalue weighted by atomic mass is 10.0. The first-order chi connectivity index (χ1) is 8.37. The third-order valence-corrected chi connectivity index (χ3v) is 2.44. The van der Waals surface area contributed by atoms with E-state index in [1.165, 1.54) is 25.3 Å². The van der Waals surface area contributed by atoms with Crippen LogP contribution in [0.2, 0.25) is 0 Å². The second-order valence-corrected chi connectivity index (χ2v) is 3.85. The Labute approximate surface area is 104 Å². The maximum atomic E-state index is 12.1. The van der Waals surface area contributed by atoms with Crippen LogP contribution >= 0.6 is 0 Å². The molecule has 0 aromatic heterocycles. The highest BCUT2D eigenvalue weighted by Gasteiger charge is 2.31. The van der Waals surface area contributed by atoms with Gasteiger partial charge in [-0.15, -0.1) is 13.2 Å². The first-order valence-corrected chi connectivity index (χ1v) is 5.56. The largest absolute Gasteiger partial charge is 0.573 e. The highest BCUT2D eigenvalue weighted by Crippen LogP contribution is 2.32. The van der Waals surface area contributed by atoms with Crippen molar-refractivity contribution in [2.24, 2.45) is 5.73 Å². The molecule has 0 bridgehead atoms. The fourth-order valence-electron chi connectivity index (χ4n) is 1.66. The highest BCUT2D eigenvalue weighted by atomic mass is 19.4. The van der Waals surface area contributed by atoms with Gasteiger partial charge in [-0.2, -0.15) is 0 Å². The standard InChI is InChI=1S/C12H16F3NO2/c1-3-4-10(16)9-6-5-8(7-11(9)17-2)18-12(13,14)15/h5-7,10H,3-4,16H2,1-2H3/t10-/m0/s1. The van der Waals surface area contributed by atoms with Crippen molar-refractivity contribution in [2.75, 3.05) is 7.11 Å². The summed E-state index contributed by atoms with van der Waals surface area (Å²) in [4.78, 5) is 0. The highest BCUT2D eigenvalue weighted by molar-refractivity contribution is 5.42. The van der Waals surface area contributed by atoms with Crippen molar-refractivity contribution < 1.29 is 22.6 Å². The minimum absolute atomic E-state index is 0.259. The molecule has 0 amide bonds. The molecule has 1 rings (SSSR count). The van der Waals surface area contributed by atoms with Crippen LogP contribution < -0.4 is 15.2 Å². The zero-order valence-electron chi connectivity index (χ0n) is 10.3. The molecule has 0 saturated carbocycles. The molecule has 1 aromatic carbocycles. The number of alkyl halides is 3. The summed E-state index contributed by atoms with van der Waals surface area (Å²) in [7, 11) is 1.38. The van der Waals surface area contributed by atoms with Gasteiger partial charge in [-0.3, -0.25) is 0 Å². The topological polar surface area (TPSA) is 44.5 Å².